The van der Waals surface area contributed by atoms with Gasteiger partial charge in [0.1, 0.15) is 0 Å². The van der Waals surface area contributed by atoms with Crippen LogP contribution in [0.15, 0.2) is 18.2 Å². The minimum Gasteiger partial charge on any atom is -0.490 e. The van der Waals surface area contributed by atoms with Crippen LogP contribution in [0, 0.1) is 0 Å². The Morgan fingerprint density at radius 1 is 1.10 bits per heavy atom. The van der Waals surface area contributed by atoms with E-state index in [1.54, 1.807) is 7.11 Å². The molecule has 1 aromatic carbocycles. The van der Waals surface area contributed by atoms with E-state index in [9.17, 15) is 0 Å². The number of ether oxygens (including phenoxy) is 3. The minimum atomic E-state index is 0.0644. The van der Waals surface area contributed by atoms with Gasteiger partial charge in [0.15, 0.2) is 11.5 Å². The molecule has 0 spiro atoms. The molecule has 1 aromatic rings. The Balaban J connectivity index is 2.81. The zero-order valence-electron chi connectivity index (χ0n) is 14.0. The van der Waals surface area contributed by atoms with E-state index >= 15 is 0 Å². The Labute approximate surface area is 128 Å². The lowest BCUT2D eigenvalue weighted by molar-refractivity contribution is 0.169. The summed E-state index contributed by atoms with van der Waals surface area (Å²) in [5.74, 6) is 1.65. The molecule has 4 heteroatoms. The first-order valence-corrected chi connectivity index (χ1v) is 7.59. The zero-order chi connectivity index (χ0) is 15.7. The lowest BCUT2D eigenvalue weighted by atomic mass is 10.1. The zero-order valence-corrected chi connectivity index (χ0v) is 14.0. The number of hydrogen-bond acceptors (Lipinski definition) is 4. The van der Waals surface area contributed by atoms with Crippen LogP contribution in [0.1, 0.15) is 39.7 Å². The fraction of sp³-hybridized carbons (Fsp3) is 0.647. The van der Waals surface area contributed by atoms with Crippen molar-refractivity contribution in [3.8, 4) is 11.5 Å². The molecule has 0 saturated carbocycles. The third-order valence-electron chi connectivity index (χ3n) is 2.91. The predicted octanol–water partition coefficient (Wildman–Crippen LogP) is 3.39. The molecule has 0 radical (unpaired) electrons. The van der Waals surface area contributed by atoms with Gasteiger partial charge in [-0.3, -0.25) is 0 Å². The van der Waals surface area contributed by atoms with Crippen LogP contribution < -0.4 is 14.8 Å². The molecule has 1 rings (SSSR count). The molecule has 0 amide bonds. The molecule has 1 N–H and O–H groups in total. The second kappa shape index (κ2) is 8.90. The van der Waals surface area contributed by atoms with Crippen molar-refractivity contribution >= 4 is 0 Å². The second-order valence-corrected chi connectivity index (χ2v) is 5.98. The monoisotopic (exact) mass is 295 g/mol. The molecule has 0 aliphatic carbocycles. The number of rotatable bonds is 9. The van der Waals surface area contributed by atoms with Crippen LogP contribution in [0.5, 0.6) is 11.5 Å². The summed E-state index contributed by atoms with van der Waals surface area (Å²) in [6, 6.07) is 6.04. The maximum Gasteiger partial charge on any atom is 0.165 e. The van der Waals surface area contributed by atoms with Crippen molar-refractivity contribution in [1.29, 1.82) is 0 Å². The van der Waals surface area contributed by atoms with Crippen molar-refractivity contribution in [2.75, 3.05) is 26.9 Å². The van der Waals surface area contributed by atoms with Gasteiger partial charge in [0, 0.05) is 37.8 Å². The van der Waals surface area contributed by atoms with Crippen molar-refractivity contribution in [3.63, 3.8) is 0 Å². The summed E-state index contributed by atoms with van der Waals surface area (Å²) in [5.41, 5.74) is 1.18. The molecule has 120 valence electrons. The van der Waals surface area contributed by atoms with Gasteiger partial charge >= 0.3 is 0 Å². The van der Waals surface area contributed by atoms with E-state index in [-0.39, 0.29) is 5.54 Å². The maximum absolute atomic E-state index is 5.94. The fourth-order valence-corrected chi connectivity index (χ4v) is 1.87. The first-order chi connectivity index (χ1) is 9.98. The van der Waals surface area contributed by atoms with Gasteiger partial charge in [-0.1, -0.05) is 12.1 Å². The highest BCUT2D eigenvalue weighted by molar-refractivity contribution is 5.46. The molecule has 0 atom stereocenters. The summed E-state index contributed by atoms with van der Waals surface area (Å²) in [4.78, 5) is 0. The van der Waals surface area contributed by atoms with Gasteiger partial charge < -0.3 is 19.5 Å². The number of methoxy groups -OCH3 is 1. The Bertz CT molecular complexity index is 413. The van der Waals surface area contributed by atoms with E-state index < -0.39 is 0 Å². The topological polar surface area (TPSA) is 39.7 Å². The van der Waals surface area contributed by atoms with Gasteiger partial charge in [-0.25, -0.2) is 0 Å². The van der Waals surface area contributed by atoms with Gasteiger partial charge in [-0.2, -0.15) is 0 Å². The van der Waals surface area contributed by atoms with Gasteiger partial charge in [0.2, 0.25) is 0 Å². The van der Waals surface area contributed by atoms with E-state index in [2.05, 4.69) is 32.2 Å². The van der Waals surface area contributed by atoms with Crippen molar-refractivity contribution in [2.45, 2.75) is 46.2 Å². The number of hydrogen-bond donors (Lipinski definition) is 1. The first kappa shape index (κ1) is 17.8. The Morgan fingerprint density at radius 2 is 1.86 bits per heavy atom. The normalized spacial score (nSPS) is 11.5. The van der Waals surface area contributed by atoms with Crippen LogP contribution in [0.4, 0.5) is 0 Å². The molecule has 0 heterocycles. The van der Waals surface area contributed by atoms with Gasteiger partial charge in [0.25, 0.3) is 0 Å². The maximum atomic E-state index is 5.94. The molecular weight excluding hydrogens is 266 g/mol. The quantitative estimate of drug-likeness (QED) is 0.709. The summed E-state index contributed by atoms with van der Waals surface area (Å²) in [6.07, 6.45) is 0.864. The number of nitrogens with one attached hydrogen (secondary N) is 1. The van der Waals surface area contributed by atoms with Crippen LogP contribution >= 0.6 is 0 Å². The Hall–Kier alpha value is -1.26. The second-order valence-electron chi connectivity index (χ2n) is 5.98. The van der Waals surface area contributed by atoms with Crippen LogP contribution in [-0.2, 0) is 11.3 Å². The van der Waals surface area contributed by atoms with Gasteiger partial charge in [0.05, 0.1) is 13.2 Å². The lowest BCUT2D eigenvalue weighted by Crippen LogP contribution is -2.35. The van der Waals surface area contributed by atoms with Crippen molar-refractivity contribution < 1.29 is 14.2 Å². The molecule has 0 saturated heterocycles. The average molecular weight is 295 g/mol. The highest BCUT2D eigenvalue weighted by Gasteiger charge is 2.14. The summed E-state index contributed by atoms with van der Waals surface area (Å²) in [5, 5.41) is 3.49. The molecule has 0 unspecified atom stereocenters. The minimum absolute atomic E-state index is 0.0644. The standard InChI is InChI=1S/C17H29NO3/c1-6-20-15-10-7-9-14(13-18-17(2,3)4)16(15)21-12-8-11-19-5/h7,9-10,18H,6,8,11-13H2,1-5H3. The predicted molar refractivity (Wildman–Crippen MR) is 86.2 cm³/mol. The van der Waals surface area contributed by atoms with Crippen molar-refractivity contribution in [3.05, 3.63) is 23.8 Å². The third kappa shape index (κ3) is 6.82. The highest BCUT2D eigenvalue weighted by atomic mass is 16.5. The molecule has 0 fully saturated rings. The van der Waals surface area contributed by atoms with E-state index in [0.29, 0.717) is 19.8 Å². The largest absolute Gasteiger partial charge is 0.490 e. The SMILES string of the molecule is CCOc1cccc(CNC(C)(C)C)c1OCCCOC. The molecular formula is C17H29NO3. The Kier molecular flexibility index (Phi) is 7.54. The molecule has 0 aliphatic rings. The smallest absolute Gasteiger partial charge is 0.165 e. The summed E-state index contributed by atoms with van der Waals surface area (Å²) in [7, 11) is 1.70. The number of benzene rings is 1. The molecule has 0 aromatic heterocycles. The van der Waals surface area contributed by atoms with Crippen molar-refractivity contribution in [1.82, 2.24) is 5.32 Å². The van der Waals surface area contributed by atoms with Gasteiger partial charge in [-0.15, -0.1) is 0 Å². The molecule has 21 heavy (non-hydrogen) atoms. The molecule has 0 aliphatic heterocycles. The summed E-state index contributed by atoms with van der Waals surface area (Å²) in [6.45, 7) is 11.1. The van der Waals surface area contributed by atoms with Crippen LogP contribution in [0.3, 0.4) is 0 Å². The summed E-state index contributed by atoms with van der Waals surface area (Å²) < 4.78 is 16.7. The van der Waals surface area contributed by atoms with E-state index in [0.717, 1.165) is 30.0 Å². The fourth-order valence-electron chi connectivity index (χ4n) is 1.87. The average Bonchev–Trinajstić information content (AvgIpc) is 2.42. The molecule has 4 nitrogen and oxygen atoms in total. The van der Waals surface area contributed by atoms with E-state index in [1.807, 2.05) is 19.1 Å². The van der Waals surface area contributed by atoms with Crippen molar-refractivity contribution in [2.24, 2.45) is 0 Å². The van der Waals surface area contributed by atoms with Gasteiger partial charge in [-0.05, 0) is 33.8 Å². The highest BCUT2D eigenvalue weighted by Crippen LogP contribution is 2.31. The molecule has 0 bridgehead atoms. The van der Waals surface area contributed by atoms with Crippen LogP contribution in [0.25, 0.3) is 0 Å². The van der Waals surface area contributed by atoms with E-state index in [4.69, 9.17) is 14.2 Å². The van der Waals surface area contributed by atoms with E-state index in [1.165, 1.54) is 0 Å². The first-order valence-electron chi connectivity index (χ1n) is 7.59. The third-order valence-corrected chi connectivity index (χ3v) is 2.91. The van der Waals surface area contributed by atoms with Crippen LogP contribution in [0.2, 0.25) is 0 Å². The lowest BCUT2D eigenvalue weighted by Gasteiger charge is -2.22. The summed E-state index contributed by atoms with van der Waals surface area (Å²) >= 11 is 0. The number of para-hydroxylation sites is 1. The van der Waals surface area contributed by atoms with Crippen LogP contribution in [-0.4, -0.2) is 32.5 Å². The Morgan fingerprint density at radius 3 is 2.48 bits per heavy atom.